The van der Waals surface area contributed by atoms with Crippen molar-refractivity contribution in [2.75, 3.05) is 0 Å². The SMILES string of the molecule is Cc1cc(-c2n[nH]c(=S)o2)c2cc(F)ccc2n1. The van der Waals surface area contributed by atoms with Crippen LogP contribution in [0.1, 0.15) is 5.69 Å². The molecule has 0 fully saturated rings. The maximum absolute atomic E-state index is 13.3. The first-order valence-electron chi connectivity index (χ1n) is 5.26. The van der Waals surface area contributed by atoms with E-state index in [1.165, 1.54) is 12.1 Å². The number of H-pyrrole nitrogens is 1. The summed E-state index contributed by atoms with van der Waals surface area (Å²) in [4.78, 5) is 4.52. The zero-order valence-corrected chi connectivity index (χ0v) is 10.2. The smallest absolute Gasteiger partial charge is 0.284 e. The number of halogens is 1. The summed E-state index contributed by atoms with van der Waals surface area (Å²) in [5.41, 5.74) is 2.16. The third kappa shape index (κ3) is 1.80. The van der Waals surface area contributed by atoms with Crippen LogP contribution in [-0.2, 0) is 0 Å². The molecule has 0 spiro atoms. The van der Waals surface area contributed by atoms with Gasteiger partial charge in [-0.25, -0.2) is 9.49 Å². The van der Waals surface area contributed by atoms with Crippen molar-refractivity contribution >= 4 is 23.1 Å². The average molecular weight is 261 g/mol. The molecule has 0 unspecified atom stereocenters. The van der Waals surface area contributed by atoms with Crippen molar-refractivity contribution in [3.63, 3.8) is 0 Å². The molecule has 3 aromatic rings. The van der Waals surface area contributed by atoms with Crippen molar-refractivity contribution in [1.82, 2.24) is 15.2 Å². The van der Waals surface area contributed by atoms with Gasteiger partial charge >= 0.3 is 0 Å². The Morgan fingerprint density at radius 2 is 2.17 bits per heavy atom. The maximum atomic E-state index is 13.3. The molecule has 0 bridgehead atoms. The van der Waals surface area contributed by atoms with Crippen LogP contribution >= 0.6 is 12.2 Å². The fourth-order valence-corrected chi connectivity index (χ4v) is 1.98. The normalized spacial score (nSPS) is 11.0. The van der Waals surface area contributed by atoms with Crippen molar-refractivity contribution in [1.29, 1.82) is 0 Å². The second-order valence-electron chi connectivity index (χ2n) is 3.89. The highest BCUT2D eigenvalue weighted by Crippen LogP contribution is 2.27. The lowest BCUT2D eigenvalue weighted by Gasteiger charge is -2.04. The van der Waals surface area contributed by atoms with E-state index in [-0.39, 0.29) is 10.7 Å². The molecule has 0 saturated heterocycles. The standard InChI is InChI=1S/C12H8FN3OS/c1-6-4-9(11-15-16-12(18)17-11)8-5-7(13)2-3-10(8)14-6/h2-5H,1H3,(H,16,18). The average Bonchev–Trinajstić information content (AvgIpc) is 2.75. The number of benzene rings is 1. The van der Waals surface area contributed by atoms with Crippen molar-refractivity contribution < 1.29 is 8.81 Å². The van der Waals surface area contributed by atoms with Crippen LogP contribution in [0.25, 0.3) is 22.4 Å². The molecule has 2 aromatic heterocycles. The molecule has 1 aromatic carbocycles. The monoisotopic (exact) mass is 261 g/mol. The van der Waals surface area contributed by atoms with Gasteiger partial charge in [0.05, 0.1) is 11.1 Å². The fraction of sp³-hybridized carbons (Fsp3) is 0.0833. The highest BCUT2D eigenvalue weighted by Gasteiger charge is 2.11. The van der Waals surface area contributed by atoms with Crippen molar-refractivity contribution in [3.05, 3.63) is 40.6 Å². The first-order chi connectivity index (χ1) is 8.63. The van der Waals surface area contributed by atoms with E-state index in [0.29, 0.717) is 22.4 Å². The number of aromatic nitrogens is 3. The van der Waals surface area contributed by atoms with Gasteiger partial charge in [-0.3, -0.25) is 4.98 Å². The summed E-state index contributed by atoms with van der Waals surface area (Å²) < 4.78 is 18.6. The molecule has 18 heavy (non-hydrogen) atoms. The highest BCUT2D eigenvalue weighted by molar-refractivity contribution is 7.71. The minimum absolute atomic E-state index is 0.184. The van der Waals surface area contributed by atoms with Crippen LogP contribution in [0.15, 0.2) is 28.7 Å². The van der Waals surface area contributed by atoms with Gasteiger partial charge in [-0.05, 0) is 43.4 Å². The Morgan fingerprint density at radius 3 is 2.89 bits per heavy atom. The minimum Gasteiger partial charge on any atom is -0.409 e. The summed E-state index contributed by atoms with van der Waals surface area (Å²) in [7, 11) is 0. The quantitative estimate of drug-likeness (QED) is 0.682. The van der Waals surface area contributed by atoms with Gasteiger partial charge in [-0.2, -0.15) is 0 Å². The van der Waals surface area contributed by atoms with Gasteiger partial charge in [0, 0.05) is 11.1 Å². The van der Waals surface area contributed by atoms with E-state index in [9.17, 15) is 4.39 Å². The molecule has 0 amide bonds. The number of hydrogen-bond acceptors (Lipinski definition) is 4. The maximum Gasteiger partial charge on any atom is 0.284 e. The number of aryl methyl sites for hydroxylation is 1. The Kier molecular flexibility index (Phi) is 2.45. The minimum atomic E-state index is -0.330. The number of aromatic amines is 1. The summed E-state index contributed by atoms with van der Waals surface area (Å²) >= 11 is 4.84. The van der Waals surface area contributed by atoms with E-state index in [1.807, 2.05) is 6.92 Å². The molecule has 1 N–H and O–H groups in total. The van der Waals surface area contributed by atoms with Gasteiger partial charge in [-0.1, -0.05) is 0 Å². The molecule has 3 rings (SSSR count). The number of hydrogen-bond donors (Lipinski definition) is 1. The van der Waals surface area contributed by atoms with Crippen LogP contribution in [0.3, 0.4) is 0 Å². The predicted octanol–water partition coefficient (Wildman–Crippen LogP) is 3.39. The lowest BCUT2D eigenvalue weighted by atomic mass is 10.1. The van der Waals surface area contributed by atoms with Crippen molar-refractivity contribution in [2.24, 2.45) is 0 Å². The predicted molar refractivity (Wildman–Crippen MR) is 67.1 cm³/mol. The molecule has 0 atom stereocenters. The van der Waals surface area contributed by atoms with Crippen LogP contribution in [0.4, 0.5) is 4.39 Å². The van der Waals surface area contributed by atoms with Crippen LogP contribution in [0.5, 0.6) is 0 Å². The molecule has 0 aliphatic carbocycles. The lowest BCUT2D eigenvalue weighted by Crippen LogP contribution is -1.89. The van der Waals surface area contributed by atoms with Gasteiger partial charge < -0.3 is 4.42 Å². The molecular formula is C12H8FN3OS. The van der Waals surface area contributed by atoms with Crippen LogP contribution < -0.4 is 0 Å². The third-order valence-corrected chi connectivity index (χ3v) is 2.74. The molecule has 90 valence electrons. The zero-order valence-electron chi connectivity index (χ0n) is 9.40. The number of nitrogens with zero attached hydrogens (tertiary/aromatic N) is 2. The molecule has 0 aliphatic heterocycles. The molecule has 0 saturated carbocycles. The number of nitrogens with one attached hydrogen (secondary N) is 1. The van der Waals surface area contributed by atoms with Gasteiger partial charge in [0.15, 0.2) is 0 Å². The molecule has 0 radical (unpaired) electrons. The summed E-state index contributed by atoms with van der Waals surface area (Å²) in [5.74, 6) is 0.00429. The van der Waals surface area contributed by atoms with Gasteiger partial charge in [0.2, 0.25) is 5.89 Å². The van der Waals surface area contributed by atoms with Gasteiger partial charge in [-0.15, -0.1) is 5.10 Å². The molecular weight excluding hydrogens is 253 g/mol. The molecule has 4 nitrogen and oxygen atoms in total. The molecule has 2 heterocycles. The van der Waals surface area contributed by atoms with Gasteiger partial charge in [0.1, 0.15) is 5.82 Å². The molecule has 6 heteroatoms. The Hall–Kier alpha value is -2.08. The van der Waals surface area contributed by atoms with Crippen LogP contribution in [0, 0.1) is 17.6 Å². The molecule has 0 aliphatic rings. The van der Waals surface area contributed by atoms with Crippen molar-refractivity contribution in [3.8, 4) is 11.5 Å². The van der Waals surface area contributed by atoms with E-state index >= 15 is 0 Å². The Balaban J connectivity index is 2.39. The number of pyridine rings is 1. The van der Waals surface area contributed by atoms with E-state index in [4.69, 9.17) is 16.6 Å². The van der Waals surface area contributed by atoms with E-state index in [0.717, 1.165) is 5.69 Å². The second kappa shape index (κ2) is 3.99. The first kappa shape index (κ1) is 11.0. The summed E-state index contributed by atoms with van der Waals surface area (Å²) in [6, 6.07) is 6.20. The van der Waals surface area contributed by atoms with Crippen LogP contribution in [0.2, 0.25) is 0 Å². The third-order valence-electron chi connectivity index (χ3n) is 2.57. The van der Waals surface area contributed by atoms with Crippen molar-refractivity contribution in [2.45, 2.75) is 6.92 Å². The summed E-state index contributed by atoms with van der Waals surface area (Å²) in [6.07, 6.45) is 0. The van der Waals surface area contributed by atoms with E-state index < -0.39 is 0 Å². The highest BCUT2D eigenvalue weighted by atomic mass is 32.1. The summed E-state index contributed by atoms with van der Waals surface area (Å²) in [6.45, 7) is 1.85. The van der Waals surface area contributed by atoms with E-state index in [2.05, 4.69) is 15.2 Å². The fourth-order valence-electron chi connectivity index (χ4n) is 1.85. The second-order valence-corrected chi connectivity index (χ2v) is 4.26. The van der Waals surface area contributed by atoms with Crippen LogP contribution in [-0.4, -0.2) is 15.2 Å². The number of fused-ring (bicyclic) bond motifs is 1. The Bertz CT molecular complexity index is 793. The number of rotatable bonds is 1. The lowest BCUT2D eigenvalue weighted by molar-refractivity contribution is 0.552. The first-order valence-corrected chi connectivity index (χ1v) is 5.67. The summed E-state index contributed by atoms with van der Waals surface area (Å²) in [5, 5.41) is 7.16. The van der Waals surface area contributed by atoms with Gasteiger partial charge in [0.25, 0.3) is 4.84 Å². The Labute approximate surface area is 106 Å². The van der Waals surface area contributed by atoms with E-state index in [1.54, 1.807) is 12.1 Å². The zero-order chi connectivity index (χ0) is 12.7. The largest absolute Gasteiger partial charge is 0.409 e. The Morgan fingerprint density at radius 1 is 1.33 bits per heavy atom. The topological polar surface area (TPSA) is 54.7 Å².